The predicted molar refractivity (Wildman–Crippen MR) is 64.5 cm³/mol. The van der Waals surface area contributed by atoms with Crippen molar-refractivity contribution in [1.29, 1.82) is 0 Å². The molecule has 5 heteroatoms. The first-order valence-electron chi connectivity index (χ1n) is 5.97. The van der Waals surface area contributed by atoms with Gasteiger partial charge in [-0.15, -0.1) is 0 Å². The van der Waals surface area contributed by atoms with Gasteiger partial charge in [0.05, 0.1) is 0 Å². The van der Waals surface area contributed by atoms with E-state index in [0.29, 0.717) is 5.92 Å². The summed E-state index contributed by atoms with van der Waals surface area (Å²) in [5.41, 5.74) is 0.957. The minimum atomic E-state index is 0.460. The summed E-state index contributed by atoms with van der Waals surface area (Å²) in [5, 5.41) is 10.7. The maximum absolute atomic E-state index is 4.56. The Morgan fingerprint density at radius 2 is 2.35 bits per heavy atom. The van der Waals surface area contributed by atoms with Gasteiger partial charge < -0.3 is 5.32 Å². The SMILES string of the molecule is c1cncc(-c2n[nH]c([C@@H]3CCCNC3)n2)c1. The van der Waals surface area contributed by atoms with E-state index < -0.39 is 0 Å². The Kier molecular flexibility index (Phi) is 2.83. The molecule has 5 nitrogen and oxygen atoms in total. The number of nitrogens with one attached hydrogen (secondary N) is 2. The average Bonchev–Trinajstić information content (AvgIpc) is 2.90. The van der Waals surface area contributed by atoms with Gasteiger partial charge in [0, 0.05) is 30.4 Å². The quantitative estimate of drug-likeness (QED) is 0.815. The number of rotatable bonds is 2. The highest BCUT2D eigenvalue weighted by molar-refractivity contribution is 5.52. The van der Waals surface area contributed by atoms with Gasteiger partial charge in [-0.25, -0.2) is 4.98 Å². The van der Waals surface area contributed by atoms with Crippen molar-refractivity contribution in [1.82, 2.24) is 25.5 Å². The number of H-pyrrole nitrogens is 1. The molecular weight excluding hydrogens is 214 g/mol. The molecule has 3 heterocycles. The molecule has 1 fully saturated rings. The van der Waals surface area contributed by atoms with Gasteiger partial charge in [0.25, 0.3) is 0 Å². The van der Waals surface area contributed by atoms with Crippen molar-refractivity contribution in [2.45, 2.75) is 18.8 Å². The molecule has 0 unspecified atom stereocenters. The summed E-state index contributed by atoms with van der Waals surface area (Å²) in [6.45, 7) is 2.10. The van der Waals surface area contributed by atoms with Crippen LogP contribution >= 0.6 is 0 Å². The van der Waals surface area contributed by atoms with E-state index in [9.17, 15) is 0 Å². The minimum Gasteiger partial charge on any atom is -0.316 e. The third kappa shape index (κ3) is 2.19. The number of pyridine rings is 1. The molecule has 1 saturated heterocycles. The number of hydrogen-bond donors (Lipinski definition) is 2. The lowest BCUT2D eigenvalue weighted by Gasteiger charge is -2.20. The number of aromatic nitrogens is 4. The van der Waals surface area contributed by atoms with Crippen molar-refractivity contribution in [3.05, 3.63) is 30.4 Å². The Bertz CT molecular complexity index is 473. The van der Waals surface area contributed by atoms with E-state index in [-0.39, 0.29) is 0 Å². The molecule has 0 aromatic carbocycles. The number of aromatic amines is 1. The Morgan fingerprint density at radius 3 is 3.12 bits per heavy atom. The zero-order valence-electron chi connectivity index (χ0n) is 9.56. The van der Waals surface area contributed by atoms with Gasteiger partial charge in [-0.2, -0.15) is 5.10 Å². The summed E-state index contributed by atoms with van der Waals surface area (Å²) in [7, 11) is 0. The lowest BCUT2D eigenvalue weighted by atomic mass is 9.99. The lowest BCUT2D eigenvalue weighted by Crippen LogP contribution is -2.28. The first-order chi connectivity index (χ1) is 8.43. The second-order valence-corrected chi connectivity index (χ2v) is 4.33. The first-order valence-corrected chi connectivity index (χ1v) is 5.97. The molecule has 3 rings (SSSR count). The molecule has 17 heavy (non-hydrogen) atoms. The highest BCUT2D eigenvalue weighted by Gasteiger charge is 2.19. The van der Waals surface area contributed by atoms with E-state index in [1.54, 1.807) is 12.4 Å². The predicted octanol–water partition coefficient (Wildman–Crippen LogP) is 1.33. The second-order valence-electron chi connectivity index (χ2n) is 4.33. The molecule has 1 aliphatic heterocycles. The summed E-state index contributed by atoms with van der Waals surface area (Å²) in [5.74, 6) is 2.18. The third-order valence-electron chi connectivity index (χ3n) is 3.11. The van der Waals surface area contributed by atoms with E-state index in [0.717, 1.165) is 30.3 Å². The van der Waals surface area contributed by atoms with E-state index >= 15 is 0 Å². The molecule has 2 aromatic rings. The molecule has 0 aliphatic carbocycles. The van der Waals surface area contributed by atoms with Crippen molar-refractivity contribution in [3.63, 3.8) is 0 Å². The largest absolute Gasteiger partial charge is 0.316 e. The molecular formula is C12H15N5. The van der Waals surface area contributed by atoms with Crippen molar-refractivity contribution < 1.29 is 0 Å². The number of hydrogen-bond acceptors (Lipinski definition) is 4. The van der Waals surface area contributed by atoms with E-state index in [1.165, 1.54) is 12.8 Å². The average molecular weight is 229 g/mol. The standard InChI is InChI=1S/C12H15N5/c1-3-9(7-13-5-1)11-15-12(17-16-11)10-4-2-6-14-8-10/h1,3,5,7,10,14H,2,4,6,8H2,(H,15,16,17)/t10-/m1/s1. The van der Waals surface area contributed by atoms with Crippen LogP contribution in [0.15, 0.2) is 24.5 Å². The molecule has 1 aliphatic rings. The van der Waals surface area contributed by atoms with Gasteiger partial charge in [0.2, 0.25) is 0 Å². The van der Waals surface area contributed by atoms with Crippen LogP contribution in [0.1, 0.15) is 24.6 Å². The fourth-order valence-electron chi connectivity index (χ4n) is 2.17. The van der Waals surface area contributed by atoms with Crippen LogP contribution in [0.4, 0.5) is 0 Å². The van der Waals surface area contributed by atoms with E-state index in [4.69, 9.17) is 0 Å². The van der Waals surface area contributed by atoms with Crippen LogP contribution in [0.2, 0.25) is 0 Å². The maximum atomic E-state index is 4.56. The number of piperidine rings is 1. The zero-order chi connectivity index (χ0) is 11.5. The molecule has 0 amide bonds. The Hall–Kier alpha value is -1.75. The highest BCUT2D eigenvalue weighted by Crippen LogP contribution is 2.22. The van der Waals surface area contributed by atoms with Gasteiger partial charge >= 0.3 is 0 Å². The van der Waals surface area contributed by atoms with Gasteiger partial charge in [0.1, 0.15) is 5.82 Å². The van der Waals surface area contributed by atoms with Crippen molar-refractivity contribution >= 4 is 0 Å². The van der Waals surface area contributed by atoms with E-state index in [2.05, 4.69) is 25.5 Å². The van der Waals surface area contributed by atoms with Crippen molar-refractivity contribution in [3.8, 4) is 11.4 Å². The molecule has 0 bridgehead atoms. The summed E-state index contributed by atoms with van der Waals surface area (Å²) < 4.78 is 0. The van der Waals surface area contributed by atoms with Crippen molar-refractivity contribution in [2.75, 3.05) is 13.1 Å². The minimum absolute atomic E-state index is 0.460. The molecule has 2 aromatic heterocycles. The molecule has 88 valence electrons. The van der Waals surface area contributed by atoms with Crippen LogP contribution in [0.3, 0.4) is 0 Å². The lowest BCUT2D eigenvalue weighted by molar-refractivity contribution is 0.447. The fourth-order valence-corrected chi connectivity index (χ4v) is 2.17. The van der Waals surface area contributed by atoms with Crippen LogP contribution in [0.25, 0.3) is 11.4 Å². The molecule has 2 N–H and O–H groups in total. The molecule has 0 saturated carbocycles. The normalized spacial score (nSPS) is 20.4. The first kappa shape index (κ1) is 10.4. The second kappa shape index (κ2) is 4.63. The van der Waals surface area contributed by atoms with Gasteiger partial charge in [0.15, 0.2) is 5.82 Å². The van der Waals surface area contributed by atoms with Crippen LogP contribution < -0.4 is 5.32 Å². The van der Waals surface area contributed by atoms with Gasteiger partial charge in [-0.1, -0.05) is 0 Å². The van der Waals surface area contributed by atoms with Crippen LogP contribution in [-0.2, 0) is 0 Å². The van der Waals surface area contributed by atoms with Crippen LogP contribution in [-0.4, -0.2) is 33.3 Å². The molecule has 0 radical (unpaired) electrons. The van der Waals surface area contributed by atoms with Gasteiger partial charge in [-0.3, -0.25) is 10.1 Å². The fraction of sp³-hybridized carbons (Fsp3) is 0.417. The van der Waals surface area contributed by atoms with Crippen LogP contribution in [0, 0.1) is 0 Å². The summed E-state index contributed by atoms with van der Waals surface area (Å²) in [4.78, 5) is 8.63. The molecule has 0 spiro atoms. The maximum Gasteiger partial charge on any atom is 0.182 e. The Morgan fingerprint density at radius 1 is 1.35 bits per heavy atom. The summed E-state index contributed by atoms with van der Waals surface area (Å²) >= 11 is 0. The van der Waals surface area contributed by atoms with E-state index in [1.807, 2.05) is 12.1 Å². The summed E-state index contributed by atoms with van der Waals surface area (Å²) in [6, 6.07) is 3.87. The van der Waals surface area contributed by atoms with Crippen LogP contribution in [0.5, 0.6) is 0 Å². The van der Waals surface area contributed by atoms with Crippen molar-refractivity contribution in [2.24, 2.45) is 0 Å². The highest BCUT2D eigenvalue weighted by atomic mass is 15.2. The smallest absolute Gasteiger partial charge is 0.182 e. The monoisotopic (exact) mass is 229 g/mol. The topological polar surface area (TPSA) is 66.5 Å². The number of nitrogens with zero attached hydrogens (tertiary/aromatic N) is 3. The van der Waals surface area contributed by atoms with Gasteiger partial charge in [-0.05, 0) is 31.5 Å². The Labute approximate surface area is 99.7 Å². The zero-order valence-corrected chi connectivity index (χ0v) is 9.56. The third-order valence-corrected chi connectivity index (χ3v) is 3.11. The molecule has 1 atom stereocenters. The summed E-state index contributed by atoms with van der Waals surface area (Å²) in [6.07, 6.45) is 5.91. The Balaban J connectivity index is 1.83.